The molecule has 0 bridgehead atoms. The third-order valence-electron chi connectivity index (χ3n) is 3.77. The fourth-order valence-corrected chi connectivity index (χ4v) is 2.08. The van der Waals surface area contributed by atoms with Crippen molar-refractivity contribution in [2.24, 2.45) is 10.9 Å². The van der Waals surface area contributed by atoms with Gasteiger partial charge in [-0.15, -0.1) is 24.0 Å². The van der Waals surface area contributed by atoms with Gasteiger partial charge in [0.05, 0.1) is 6.61 Å². The number of nitrogens with zero attached hydrogens (tertiary/aromatic N) is 3. The zero-order chi connectivity index (χ0) is 15.8. The van der Waals surface area contributed by atoms with Crippen LogP contribution in [-0.2, 0) is 9.53 Å². The van der Waals surface area contributed by atoms with Gasteiger partial charge in [-0.25, -0.2) is 4.99 Å². The second kappa shape index (κ2) is 11.0. The third kappa shape index (κ3) is 7.62. The Morgan fingerprint density at radius 3 is 2.59 bits per heavy atom. The molecule has 1 aliphatic heterocycles. The van der Waals surface area contributed by atoms with Crippen LogP contribution in [0.5, 0.6) is 0 Å². The van der Waals surface area contributed by atoms with Gasteiger partial charge >= 0.3 is 0 Å². The Bertz CT molecular complexity index is 357. The number of hydrogen-bond donors (Lipinski definition) is 1. The van der Waals surface area contributed by atoms with Crippen LogP contribution in [0, 0.1) is 5.92 Å². The zero-order valence-corrected chi connectivity index (χ0v) is 16.8. The molecule has 0 aromatic carbocycles. The van der Waals surface area contributed by atoms with E-state index >= 15 is 0 Å². The Morgan fingerprint density at radius 2 is 2.09 bits per heavy atom. The summed E-state index contributed by atoms with van der Waals surface area (Å²) in [6.45, 7) is 7.00. The average Bonchev–Trinajstić information content (AvgIpc) is 2.95. The van der Waals surface area contributed by atoms with Crippen molar-refractivity contribution in [3.63, 3.8) is 0 Å². The number of rotatable bonds is 6. The van der Waals surface area contributed by atoms with E-state index in [1.165, 1.54) is 0 Å². The fourth-order valence-electron chi connectivity index (χ4n) is 2.08. The predicted octanol–water partition coefficient (Wildman–Crippen LogP) is 1.40. The lowest BCUT2D eigenvalue weighted by atomic mass is 10.1. The van der Waals surface area contributed by atoms with Crippen LogP contribution >= 0.6 is 24.0 Å². The number of nitrogens with one attached hydrogen (secondary N) is 1. The van der Waals surface area contributed by atoms with Gasteiger partial charge in [-0.05, 0) is 19.8 Å². The minimum absolute atomic E-state index is 0. The molecule has 0 saturated carbocycles. The topological polar surface area (TPSA) is 57.2 Å². The summed E-state index contributed by atoms with van der Waals surface area (Å²) in [5, 5.41) is 3.40. The molecule has 1 heterocycles. The number of guanidine groups is 1. The number of carbonyl (C=O) groups is 1. The normalized spacial score (nSPS) is 19.3. The molecule has 0 aromatic heterocycles. The maximum atomic E-state index is 11.7. The largest absolute Gasteiger partial charge is 0.381 e. The molecule has 0 aromatic rings. The lowest BCUT2D eigenvalue weighted by Gasteiger charge is -2.27. The van der Waals surface area contributed by atoms with Gasteiger partial charge in [0.25, 0.3) is 0 Å². The SMILES string of the molecule is CCC(C)NC(=NCC(=O)N(C)C)N(C)CC1CCOC1.I. The molecule has 6 nitrogen and oxygen atoms in total. The molecular formula is C15H31IN4O2. The highest BCUT2D eigenvalue weighted by atomic mass is 127. The highest BCUT2D eigenvalue weighted by molar-refractivity contribution is 14.0. The van der Waals surface area contributed by atoms with Gasteiger partial charge in [0, 0.05) is 46.3 Å². The van der Waals surface area contributed by atoms with Crippen LogP contribution in [0.3, 0.4) is 0 Å². The molecule has 1 N–H and O–H groups in total. The number of halogens is 1. The summed E-state index contributed by atoms with van der Waals surface area (Å²) in [6.07, 6.45) is 2.11. The molecule has 0 spiro atoms. The molecule has 2 unspecified atom stereocenters. The molecule has 0 radical (unpaired) electrons. The summed E-state index contributed by atoms with van der Waals surface area (Å²) >= 11 is 0. The van der Waals surface area contributed by atoms with Gasteiger partial charge in [0.1, 0.15) is 6.54 Å². The summed E-state index contributed by atoms with van der Waals surface area (Å²) in [7, 11) is 5.52. The maximum Gasteiger partial charge on any atom is 0.243 e. The first-order valence-corrected chi connectivity index (χ1v) is 7.74. The summed E-state index contributed by atoms with van der Waals surface area (Å²) in [4.78, 5) is 19.9. The van der Waals surface area contributed by atoms with E-state index in [1.807, 2.05) is 7.05 Å². The highest BCUT2D eigenvalue weighted by Crippen LogP contribution is 2.13. The van der Waals surface area contributed by atoms with E-state index in [4.69, 9.17) is 4.74 Å². The van der Waals surface area contributed by atoms with Crippen LogP contribution < -0.4 is 5.32 Å². The van der Waals surface area contributed by atoms with Crippen LogP contribution in [0.2, 0.25) is 0 Å². The molecule has 2 atom stereocenters. The Labute approximate surface area is 151 Å². The van der Waals surface area contributed by atoms with Crippen LogP contribution in [0.1, 0.15) is 26.7 Å². The van der Waals surface area contributed by atoms with Gasteiger partial charge in [-0.1, -0.05) is 6.92 Å². The van der Waals surface area contributed by atoms with E-state index in [9.17, 15) is 4.79 Å². The molecule has 130 valence electrons. The van der Waals surface area contributed by atoms with Crippen LogP contribution in [0.15, 0.2) is 4.99 Å². The molecule has 1 aliphatic rings. The van der Waals surface area contributed by atoms with Gasteiger partial charge in [0.15, 0.2) is 5.96 Å². The van der Waals surface area contributed by atoms with E-state index in [-0.39, 0.29) is 36.4 Å². The lowest BCUT2D eigenvalue weighted by Crippen LogP contribution is -2.45. The first kappa shape index (κ1) is 21.4. The minimum Gasteiger partial charge on any atom is -0.381 e. The Morgan fingerprint density at radius 1 is 1.41 bits per heavy atom. The summed E-state index contributed by atoms with van der Waals surface area (Å²) < 4.78 is 5.42. The number of hydrogen-bond acceptors (Lipinski definition) is 3. The molecule has 22 heavy (non-hydrogen) atoms. The Kier molecular flexibility index (Phi) is 10.8. The van der Waals surface area contributed by atoms with Crippen molar-refractivity contribution >= 4 is 35.8 Å². The molecule has 1 fully saturated rings. The average molecular weight is 426 g/mol. The lowest BCUT2D eigenvalue weighted by molar-refractivity contribution is -0.127. The second-order valence-electron chi connectivity index (χ2n) is 5.99. The first-order chi connectivity index (χ1) is 9.93. The summed E-state index contributed by atoms with van der Waals surface area (Å²) in [6, 6.07) is 0.334. The molecule has 1 rings (SSSR count). The van der Waals surface area contributed by atoms with Crippen LogP contribution in [0.4, 0.5) is 0 Å². The number of aliphatic imine (C=N–C) groups is 1. The molecule has 1 saturated heterocycles. The maximum absolute atomic E-state index is 11.7. The van der Waals surface area contributed by atoms with E-state index in [0.717, 1.165) is 38.6 Å². The quantitative estimate of drug-likeness (QED) is 0.397. The van der Waals surface area contributed by atoms with E-state index in [2.05, 4.69) is 29.1 Å². The number of amides is 1. The van der Waals surface area contributed by atoms with Crippen molar-refractivity contribution in [2.45, 2.75) is 32.7 Å². The summed E-state index contributed by atoms with van der Waals surface area (Å²) in [5.74, 6) is 1.35. The van der Waals surface area contributed by atoms with Crippen molar-refractivity contribution < 1.29 is 9.53 Å². The number of likely N-dealkylation sites (N-methyl/N-ethyl adjacent to an activating group) is 1. The summed E-state index contributed by atoms with van der Waals surface area (Å²) in [5.41, 5.74) is 0. The fraction of sp³-hybridized carbons (Fsp3) is 0.867. The van der Waals surface area contributed by atoms with Crippen molar-refractivity contribution in [2.75, 3.05) is 47.4 Å². The van der Waals surface area contributed by atoms with E-state index in [1.54, 1.807) is 19.0 Å². The molecule has 1 amide bonds. The van der Waals surface area contributed by atoms with Crippen molar-refractivity contribution in [1.29, 1.82) is 0 Å². The van der Waals surface area contributed by atoms with Gasteiger partial charge in [0.2, 0.25) is 5.91 Å². The monoisotopic (exact) mass is 426 g/mol. The van der Waals surface area contributed by atoms with Gasteiger partial charge in [-0.3, -0.25) is 4.79 Å². The highest BCUT2D eigenvalue weighted by Gasteiger charge is 2.20. The molecular weight excluding hydrogens is 395 g/mol. The van der Waals surface area contributed by atoms with Crippen LogP contribution in [0.25, 0.3) is 0 Å². The molecule has 7 heteroatoms. The van der Waals surface area contributed by atoms with Crippen molar-refractivity contribution in [3.8, 4) is 0 Å². The van der Waals surface area contributed by atoms with E-state index in [0.29, 0.717) is 12.0 Å². The second-order valence-corrected chi connectivity index (χ2v) is 5.99. The number of ether oxygens (including phenoxy) is 1. The number of carbonyl (C=O) groups excluding carboxylic acids is 1. The minimum atomic E-state index is 0. The van der Waals surface area contributed by atoms with E-state index < -0.39 is 0 Å². The van der Waals surface area contributed by atoms with Crippen molar-refractivity contribution in [3.05, 3.63) is 0 Å². The molecule has 0 aliphatic carbocycles. The van der Waals surface area contributed by atoms with Gasteiger partial charge in [-0.2, -0.15) is 0 Å². The third-order valence-corrected chi connectivity index (χ3v) is 3.77. The smallest absolute Gasteiger partial charge is 0.243 e. The standard InChI is InChI=1S/C15H30N4O2.HI/c1-6-12(2)17-15(16-9-14(20)18(3)4)19(5)10-13-7-8-21-11-13;/h12-13H,6-11H2,1-5H3,(H,16,17);1H. The van der Waals surface area contributed by atoms with Crippen molar-refractivity contribution in [1.82, 2.24) is 15.1 Å². The van der Waals surface area contributed by atoms with Crippen LogP contribution in [-0.4, -0.2) is 75.2 Å². The van der Waals surface area contributed by atoms with Gasteiger partial charge < -0.3 is 19.9 Å². The Balaban J connectivity index is 0.00000441. The first-order valence-electron chi connectivity index (χ1n) is 7.74. The predicted molar refractivity (Wildman–Crippen MR) is 101 cm³/mol. The Hall–Kier alpha value is -0.570. The zero-order valence-electron chi connectivity index (χ0n) is 14.5.